The number of fused-ring (bicyclic) bond motifs is 2. The quantitative estimate of drug-likeness (QED) is 0.548. The van der Waals surface area contributed by atoms with Crippen LogP contribution < -0.4 is 14.8 Å². The first-order valence-corrected chi connectivity index (χ1v) is 8.40. The number of rotatable bonds is 4. The number of carbonyl (C=O) groups is 2. The number of anilines is 1. The lowest BCUT2D eigenvalue weighted by molar-refractivity contribution is -0.119. The average Bonchev–Trinajstić information content (AvgIpc) is 3.13. The van der Waals surface area contributed by atoms with Crippen molar-refractivity contribution >= 4 is 40.1 Å². The molecule has 2 heterocycles. The minimum Gasteiger partial charge on any atom is -0.454 e. The highest BCUT2D eigenvalue weighted by Crippen LogP contribution is 2.34. The molecule has 0 aliphatic carbocycles. The standard InChI is InChI=1S/C19H13ClN2O5/c20-17-8-13(12-3-1-2-4-14(12)22-17)19(24)25-9-18(23)21-11-5-6-15-16(7-11)27-10-26-15/h1-8H,9-10H2,(H,21,23). The van der Waals surface area contributed by atoms with Gasteiger partial charge in [-0.3, -0.25) is 4.79 Å². The molecule has 1 aliphatic rings. The zero-order chi connectivity index (χ0) is 18.8. The number of para-hydroxylation sites is 1. The van der Waals surface area contributed by atoms with Crippen molar-refractivity contribution in [1.82, 2.24) is 4.98 Å². The first-order chi connectivity index (χ1) is 13.1. The molecule has 0 unspecified atom stereocenters. The Morgan fingerprint density at radius 3 is 2.81 bits per heavy atom. The molecular formula is C19H13ClN2O5. The lowest BCUT2D eigenvalue weighted by Gasteiger charge is -2.09. The van der Waals surface area contributed by atoms with Crippen LogP contribution in [-0.4, -0.2) is 30.3 Å². The largest absolute Gasteiger partial charge is 0.454 e. The summed E-state index contributed by atoms with van der Waals surface area (Å²) < 4.78 is 15.6. The summed E-state index contributed by atoms with van der Waals surface area (Å²) in [7, 11) is 0. The van der Waals surface area contributed by atoms with Crippen LogP contribution in [0.25, 0.3) is 10.9 Å². The first-order valence-electron chi connectivity index (χ1n) is 8.02. The minimum atomic E-state index is -0.656. The van der Waals surface area contributed by atoms with Crippen molar-refractivity contribution in [3.05, 3.63) is 59.2 Å². The molecule has 2 aromatic carbocycles. The third kappa shape index (κ3) is 3.63. The highest BCUT2D eigenvalue weighted by molar-refractivity contribution is 6.30. The molecule has 0 radical (unpaired) electrons. The number of esters is 1. The summed E-state index contributed by atoms with van der Waals surface area (Å²) in [5.74, 6) is 0.0200. The summed E-state index contributed by atoms with van der Waals surface area (Å²) in [6, 6.07) is 13.5. The third-order valence-electron chi connectivity index (χ3n) is 3.90. The summed E-state index contributed by atoms with van der Waals surface area (Å²) in [5, 5.41) is 3.41. The van der Waals surface area contributed by atoms with Crippen LogP contribution in [0, 0.1) is 0 Å². The van der Waals surface area contributed by atoms with Gasteiger partial charge in [0.25, 0.3) is 5.91 Å². The van der Waals surface area contributed by atoms with Gasteiger partial charge in [-0.25, -0.2) is 9.78 Å². The third-order valence-corrected chi connectivity index (χ3v) is 4.09. The Morgan fingerprint density at radius 1 is 1.11 bits per heavy atom. The van der Waals surface area contributed by atoms with E-state index < -0.39 is 18.5 Å². The zero-order valence-corrected chi connectivity index (χ0v) is 14.7. The number of amides is 1. The van der Waals surface area contributed by atoms with Gasteiger partial charge in [0.1, 0.15) is 5.15 Å². The summed E-state index contributed by atoms with van der Waals surface area (Å²) in [6.07, 6.45) is 0. The lowest BCUT2D eigenvalue weighted by atomic mass is 10.1. The minimum absolute atomic E-state index is 0.146. The van der Waals surface area contributed by atoms with Gasteiger partial charge in [0.2, 0.25) is 6.79 Å². The van der Waals surface area contributed by atoms with Gasteiger partial charge in [0.15, 0.2) is 18.1 Å². The van der Waals surface area contributed by atoms with Crippen molar-refractivity contribution in [2.45, 2.75) is 0 Å². The summed E-state index contributed by atoms with van der Waals surface area (Å²) in [6.45, 7) is -0.297. The molecule has 0 spiro atoms. The van der Waals surface area contributed by atoms with Crippen LogP contribution in [0.2, 0.25) is 5.15 Å². The van der Waals surface area contributed by atoms with E-state index in [1.165, 1.54) is 6.07 Å². The topological polar surface area (TPSA) is 86.8 Å². The van der Waals surface area contributed by atoms with E-state index in [4.69, 9.17) is 25.8 Å². The van der Waals surface area contributed by atoms with Crippen molar-refractivity contribution in [3.8, 4) is 11.5 Å². The van der Waals surface area contributed by atoms with Crippen molar-refractivity contribution in [3.63, 3.8) is 0 Å². The molecule has 0 atom stereocenters. The molecular weight excluding hydrogens is 372 g/mol. The molecule has 136 valence electrons. The first kappa shape index (κ1) is 17.1. The summed E-state index contributed by atoms with van der Waals surface area (Å²) >= 11 is 5.96. The fourth-order valence-corrected chi connectivity index (χ4v) is 2.89. The van der Waals surface area contributed by atoms with Gasteiger partial charge in [0.05, 0.1) is 11.1 Å². The molecule has 0 bridgehead atoms. The van der Waals surface area contributed by atoms with E-state index in [9.17, 15) is 9.59 Å². The molecule has 0 saturated carbocycles. The van der Waals surface area contributed by atoms with Crippen LogP contribution >= 0.6 is 11.6 Å². The van der Waals surface area contributed by atoms with E-state index in [1.54, 1.807) is 42.5 Å². The number of carbonyl (C=O) groups excluding carboxylic acids is 2. The Morgan fingerprint density at radius 2 is 1.93 bits per heavy atom. The Balaban J connectivity index is 1.43. The number of hydrogen-bond acceptors (Lipinski definition) is 6. The molecule has 1 N–H and O–H groups in total. The number of nitrogens with one attached hydrogen (secondary N) is 1. The molecule has 1 amide bonds. The van der Waals surface area contributed by atoms with E-state index in [0.29, 0.717) is 28.1 Å². The monoisotopic (exact) mass is 384 g/mol. The van der Waals surface area contributed by atoms with E-state index in [2.05, 4.69) is 10.3 Å². The van der Waals surface area contributed by atoms with Gasteiger partial charge in [-0.05, 0) is 24.3 Å². The average molecular weight is 385 g/mol. The second-order valence-corrected chi connectivity index (χ2v) is 6.09. The number of pyridine rings is 1. The molecule has 0 saturated heterocycles. The predicted octanol–water partition coefficient (Wildman–Crippen LogP) is 3.41. The zero-order valence-electron chi connectivity index (χ0n) is 13.9. The highest BCUT2D eigenvalue weighted by atomic mass is 35.5. The lowest BCUT2D eigenvalue weighted by Crippen LogP contribution is -2.21. The smallest absolute Gasteiger partial charge is 0.339 e. The number of ether oxygens (including phenoxy) is 3. The summed E-state index contributed by atoms with van der Waals surface area (Å²) in [4.78, 5) is 28.6. The molecule has 0 fully saturated rings. The van der Waals surface area contributed by atoms with Gasteiger partial charge >= 0.3 is 5.97 Å². The Kier molecular flexibility index (Phi) is 4.52. The highest BCUT2D eigenvalue weighted by Gasteiger charge is 2.17. The summed E-state index contributed by atoms with van der Waals surface area (Å²) in [5.41, 5.74) is 1.33. The predicted molar refractivity (Wildman–Crippen MR) is 98.2 cm³/mol. The van der Waals surface area contributed by atoms with Crippen molar-refractivity contribution in [2.24, 2.45) is 0 Å². The Bertz CT molecular complexity index is 1050. The van der Waals surface area contributed by atoms with E-state index in [0.717, 1.165) is 0 Å². The number of benzene rings is 2. The molecule has 1 aromatic heterocycles. The van der Waals surface area contributed by atoms with Crippen molar-refractivity contribution in [1.29, 1.82) is 0 Å². The van der Waals surface area contributed by atoms with Crippen LogP contribution in [0.5, 0.6) is 11.5 Å². The molecule has 1 aliphatic heterocycles. The molecule has 3 aromatic rings. The van der Waals surface area contributed by atoms with Gasteiger partial charge in [0, 0.05) is 17.1 Å². The van der Waals surface area contributed by atoms with E-state index in [1.807, 2.05) is 0 Å². The van der Waals surface area contributed by atoms with Crippen LogP contribution in [0.3, 0.4) is 0 Å². The van der Waals surface area contributed by atoms with Crippen LogP contribution in [-0.2, 0) is 9.53 Å². The number of aromatic nitrogens is 1. The second kappa shape index (κ2) is 7.13. The van der Waals surface area contributed by atoms with Crippen molar-refractivity contribution in [2.75, 3.05) is 18.7 Å². The maximum Gasteiger partial charge on any atom is 0.339 e. The fraction of sp³-hybridized carbons (Fsp3) is 0.105. The molecule has 4 rings (SSSR count). The van der Waals surface area contributed by atoms with Crippen LogP contribution in [0.15, 0.2) is 48.5 Å². The van der Waals surface area contributed by atoms with E-state index >= 15 is 0 Å². The van der Waals surface area contributed by atoms with Gasteiger partial charge in [-0.15, -0.1) is 0 Å². The molecule has 27 heavy (non-hydrogen) atoms. The van der Waals surface area contributed by atoms with Crippen molar-refractivity contribution < 1.29 is 23.8 Å². The number of nitrogens with zero attached hydrogens (tertiary/aromatic N) is 1. The van der Waals surface area contributed by atoms with Gasteiger partial charge < -0.3 is 19.5 Å². The SMILES string of the molecule is O=C(COC(=O)c1cc(Cl)nc2ccccc12)Nc1ccc2c(c1)OCO2. The van der Waals surface area contributed by atoms with Gasteiger partial charge in [-0.2, -0.15) is 0 Å². The van der Waals surface area contributed by atoms with Crippen LogP contribution in [0.4, 0.5) is 5.69 Å². The normalized spacial score (nSPS) is 12.0. The number of hydrogen-bond donors (Lipinski definition) is 1. The maximum absolute atomic E-state index is 12.4. The van der Waals surface area contributed by atoms with Crippen LogP contribution in [0.1, 0.15) is 10.4 Å². The Hall–Kier alpha value is -3.32. The number of halogens is 1. The molecule has 8 heteroatoms. The van der Waals surface area contributed by atoms with Gasteiger partial charge in [-0.1, -0.05) is 29.8 Å². The van der Waals surface area contributed by atoms with E-state index in [-0.39, 0.29) is 17.5 Å². The Labute approximate surface area is 158 Å². The maximum atomic E-state index is 12.4. The fourth-order valence-electron chi connectivity index (χ4n) is 2.69. The second-order valence-electron chi connectivity index (χ2n) is 5.70. The molecule has 7 nitrogen and oxygen atoms in total.